The van der Waals surface area contributed by atoms with Crippen molar-refractivity contribution in [2.24, 2.45) is 11.8 Å². The van der Waals surface area contributed by atoms with E-state index in [1.165, 1.54) is 16.7 Å². The second-order valence-electron chi connectivity index (χ2n) is 6.03. The summed E-state index contributed by atoms with van der Waals surface area (Å²) >= 11 is 0. The molecule has 0 amide bonds. The van der Waals surface area contributed by atoms with Crippen LogP contribution < -0.4 is 0 Å². The number of ether oxygens (including phenoxy) is 3. The van der Waals surface area contributed by atoms with Crippen LogP contribution >= 0.6 is 0 Å². The smallest absolute Gasteiger partial charge is 0.199 e. The normalized spacial score (nSPS) is 25.3. The molecule has 0 saturated heterocycles. The Morgan fingerprint density at radius 3 is 2.13 bits per heavy atom. The molecule has 0 spiro atoms. The molecule has 0 aliphatic heterocycles. The van der Waals surface area contributed by atoms with Crippen LogP contribution in [0.4, 0.5) is 0 Å². The SMILES string of the molecule is C=C1C(C)=CC(C)=C(C2C(=C)C=C(OC)C(OC)=C2OC)C1C. The van der Waals surface area contributed by atoms with Crippen LogP contribution in [0, 0.1) is 11.8 Å². The Morgan fingerprint density at radius 2 is 1.61 bits per heavy atom. The molecule has 2 aliphatic rings. The predicted octanol–water partition coefficient (Wildman–Crippen LogP) is 4.68. The summed E-state index contributed by atoms with van der Waals surface area (Å²) in [6, 6.07) is 0. The van der Waals surface area contributed by atoms with Gasteiger partial charge in [0.1, 0.15) is 0 Å². The summed E-state index contributed by atoms with van der Waals surface area (Å²) in [5, 5.41) is 0. The van der Waals surface area contributed by atoms with E-state index in [9.17, 15) is 0 Å². The molecule has 0 aromatic carbocycles. The first-order valence-corrected chi connectivity index (χ1v) is 7.72. The number of hydrogen-bond acceptors (Lipinski definition) is 3. The van der Waals surface area contributed by atoms with Gasteiger partial charge in [-0.05, 0) is 47.8 Å². The summed E-state index contributed by atoms with van der Waals surface area (Å²) in [6.07, 6.45) is 4.10. The zero-order chi connectivity index (χ0) is 17.3. The minimum atomic E-state index is -0.0649. The quantitative estimate of drug-likeness (QED) is 0.754. The van der Waals surface area contributed by atoms with E-state index in [4.69, 9.17) is 14.2 Å². The molecule has 0 aromatic heterocycles. The summed E-state index contributed by atoms with van der Waals surface area (Å²) in [4.78, 5) is 0. The lowest BCUT2D eigenvalue weighted by Crippen LogP contribution is -2.25. The van der Waals surface area contributed by atoms with E-state index < -0.39 is 0 Å². The average Bonchev–Trinajstić information content (AvgIpc) is 2.53. The number of allylic oxidation sites excluding steroid dienone is 6. The first-order chi connectivity index (χ1) is 10.9. The lowest BCUT2D eigenvalue weighted by molar-refractivity contribution is 0.168. The van der Waals surface area contributed by atoms with Crippen LogP contribution in [0.25, 0.3) is 0 Å². The zero-order valence-corrected chi connectivity index (χ0v) is 14.9. The third kappa shape index (κ3) is 2.76. The Labute approximate surface area is 139 Å². The molecule has 0 saturated carbocycles. The lowest BCUT2D eigenvalue weighted by atomic mass is 9.72. The van der Waals surface area contributed by atoms with Crippen LogP contribution in [-0.4, -0.2) is 21.3 Å². The van der Waals surface area contributed by atoms with Crippen LogP contribution in [0.15, 0.2) is 70.5 Å². The van der Waals surface area contributed by atoms with Crippen LogP contribution in [0.3, 0.4) is 0 Å². The Bertz CT molecular complexity index is 671. The molecule has 2 rings (SSSR count). The molecule has 0 radical (unpaired) electrons. The minimum Gasteiger partial charge on any atom is -0.496 e. The van der Waals surface area contributed by atoms with Gasteiger partial charge in [0.2, 0.25) is 0 Å². The third-order valence-electron chi connectivity index (χ3n) is 4.74. The van der Waals surface area contributed by atoms with Gasteiger partial charge in [-0.2, -0.15) is 0 Å². The van der Waals surface area contributed by atoms with E-state index in [0.717, 1.165) is 16.9 Å². The highest BCUT2D eigenvalue weighted by Crippen LogP contribution is 2.46. The molecule has 23 heavy (non-hydrogen) atoms. The summed E-state index contributed by atoms with van der Waals surface area (Å²) in [5.41, 5.74) is 5.77. The molecule has 3 nitrogen and oxygen atoms in total. The van der Waals surface area contributed by atoms with Gasteiger partial charge in [-0.15, -0.1) is 0 Å². The number of methoxy groups -OCH3 is 3. The molecule has 2 atom stereocenters. The van der Waals surface area contributed by atoms with Crippen molar-refractivity contribution in [3.63, 3.8) is 0 Å². The molecule has 124 valence electrons. The van der Waals surface area contributed by atoms with Crippen molar-refractivity contribution in [1.29, 1.82) is 0 Å². The van der Waals surface area contributed by atoms with E-state index in [1.807, 2.05) is 6.08 Å². The highest BCUT2D eigenvalue weighted by molar-refractivity contribution is 5.54. The Hall–Kier alpha value is -2.16. The second kappa shape index (κ2) is 6.53. The van der Waals surface area contributed by atoms with Gasteiger partial charge in [0.25, 0.3) is 0 Å². The predicted molar refractivity (Wildman–Crippen MR) is 93.5 cm³/mol. The van der Waals surface area contributed by atoms with Crippen molar-refractivity contribution in [3.05, 3.63) is 70.5 Å². The molecular formula is C20H26O3. The van der Waals surface area contributed by atoms with Gasteiger partial charge in [0, 0.05) is 5.92 Å². The van der Waals surface area contributed by atoms with Crippen LogP contribution in [0.5, 0.6) is 0 Å². The summed E-state index contributed by atoms with van der Waals surface area (Å²) in [5.74, 6) is 2.15. The lowest BCUT2D eigenvalue weighted by Gasteiger charge is -2.35. The Kier molecular flexibility index (Phi) is 4.88. The Balaban J connectivity index is 2.65. The standard InChI is InChI=1S/C20H26O3/c1-11-9-12(2)17(15(5)14(11)4)18-13(3)10-16(21-6)19(22-7)20(18)23-8/h9-10,15,18H,3-4H2,1-2,5-8H3. The highest BCUT2D eigenvalue weighted by Gasteiger charge is 2.37. The summed E-state index contributed by atoms with van der Waals surface area (Å²) in [6.45, 7) is 14.9. The van der Waals surface area contributed by atoms with Crippen molar-refractivity contribution in [3.8, 4) is 0 Å². The maximum Gasteiger partial charge on any atom is 0.199 e. The molecular weight excluding hydrogens is 288 g/mol. The molecule has 2 unspecified atom stereocenters. The molecule has 0 bridgehead atoms. The molecule has 0 aromatic rings. The van der Waals surface area contributed by atoms with Crippen LogP contribution in [0.1, 0.15) is 20.8 Å². The monoisotopic (exact) mass is 314 g/mol. The molecule has 0 fully saturated rings. The van der Waals surface area contributed by atoms with E-state index in [2.05, 4.69) is 40.0 Å². The van der Waals surface area contributed by atoms with Crippen molar-refractivity contribution in [1.82, 2.24) is 0 Å². The molecule has 2 aliphatic carbocycles. The average molecular weight is 314 g/mol. The van der Waals surface area contributed by atoms with Gasteiger partial charge in [-0.25, -0.2) is 0 Å². The third-order valence-corrected chi connectivity index (χ3v) is 4.74. The first kappa shape index (κ1) is 17.2. The largest absolute Gasteiger partial charge is 0.496 e. The fourth-order valence-corrected chi connectivity index (χ4v) is 3.49. The van der Waals surface area contributed by atoms with E-state index in [1.54, 1.807) is 21.3 Å². The van der Waals surface area contributed by atoms with Crippen molar-refractivity contribution in [2.75, 3.05) is 21.3 Å². The number of rotatable bonds is 4. The van der Waals surface area contributed by atoms with Gasteiger partial charge in [-0.1, -0.05) is 26.2 Å². The second-order valence-corrected chi connectivity index (χ2v) is 6.03. The van der Waals surface area contributed by atoms with Crippen LogP contribution in [-0.2, 0) is 14.2 Å². The first-order valence-electron chi connectivity index (χ1n) is 7.72. The zero-order valence-electron chi connectivity index (χ0n) is 14.9. The van der Waals surface area contributed by atoms with Crippen molar-refractivity contribution < 1.29 is 14.2 Å². The maximum absolute atomic E-state index is 5.71. The highest BCUT2D eigenvalue weighted by atomic mass is 16.5. The van der Waals surface area contributed by atoms with Gasteiger partial charge < -0.3 is 14.2 Å². The topological polar surface area (TPSA) is 27.7 Å². The van der Waals surface area contributed by atoms with Crippen LogP contribution in [0.2, 0.25) is 0 Å². The van der Waals surface area contributed by atoms with Crippen molar-refractivity contribution in [2.45, 2.75) is 20.8 Å². The Morgan fingerprint density at radius 1 is 0.957 bits per heavy atom. The molecule has 0 heterocycles. The van der Waals surface area contributed by atoms with E-state index >= 15 is 0 Å². The molecule has 0 N–H and O–H groups in total. The number of hydrogen-bond donors (Lipinski definition) is 0. The van der Waals surface area contributed by atoms with Gasteiger partial charge in [-0.3, -0.25) is 0 Å². The van der Waals surface area contributed by atoms with E-state index in [-0.39, 0.29) is 11.8 Å². The maximum atomic E-state index is 5.71. The van der Waals surface area contributed by atoms with Gasteiger partial charge >= 0.3 is 0 Å². The molecule has 3 heteroatoms. The fraction of sp³-hybridized carbons (Fsp3) is 0.400. The fourth-order valence-electron chi connectivity index (χ4n) is 3.49. The van der Waals surface area contributed by atoms with Gasteiger partial charge in [0.15, 0.2) is 17.3 Å². The van der Waals surface area contributed by atoms with Crippen molar-refractivity contribution >= 4 is 0 Å². The summed E-state index contributed by atoms with van der Waals surface area (Å²) < 4.78 is 16.7. The summed E-state index contributed by atoms with van der Waals surface area (Å²) in [7, 11) is 4.90. The van der Waals surface area contributed by atoms with E-state index in [0.29, 0.717) is 11.5 Å². The van der Waals surface area contributed by atoms with Gasteiger partial charge in [0.05, 0.1) is 27.2 Å². The minimum absolute atomic E-state index is 0.0649.